The van der Waals surface area contributed by atoms with Crippen LogP contribution in [0.2, 0.25) is 0 Å². The topological polar surface area (TPSA) is 31.4 Å². The van der Waals surface area contributed by atoms with Crippen LogP contribution in [0.15, 0.2) is 28.9 Å². The number of benzene rings is 1. The van der Waals surface area contributed by atoms with Crippen molar-refractivity contribution in [3.63, 3.8) is 0 Å². The maximum Gasteiger partial charge on any atom is 0.135 e. The average molecular weight is 361 g/mol. The number of halogens is 2. The first-order valence-electron chi connectivity index (χ1n) is 5.07. The number of nitrogens with zero attached hydrogens (tertiary/aromatic N) is 1. The number of ether oxygens (including phenoxy) is 2. The summed E-state index contributed by atoms with van der Waals surface area (Å²) in [5, 5.41) is 1.77. The molecular weight excluding hydrogens is 350 g/mol. The van der Waals surface area contributed by atoms with E-state index in [0.29, 0.717) is 6.61 Å². The third-order valence-corrected chi connectivity index (χ3v) is 3.25. The Morgan fingerprint density at radius 2 is 2.12 bits per heavy atom. The second-order valence-electron chi connectivity index (χ2n) is 3.35. The summed E-state index contributed by atoms with van der Waals surface area (Å²) in [5.74, 6) is 1.60. The van der Waals surface area contributed by atoms with E-state index in [1.54, 1.807) is 13.3 Å². The van der Waals surface area contributed by atoms with Gasteiger partial charge in [-0.1, -0.05) is 15.9 Å². The van der Waals surface area contributed by atoms with Gasteiger partial charge in [-0.15, -0.1) is 0 Å². The molecule has 1 aromatic carbocycles. The third-order valence-electron chi connectivity index (χ3n) is 2.31. The van der Waals surface area contributed by atoms with E-state index in [9.17, 15) is 0 Å². The zero-order valence-corrected chi connectivity index (χ0v) is 12.4. The van der Waals surface area contributed by atoms with Crippen LogP contribution in [0.4, 0.5) is 0 Å². The summed E-state index contributed by atoms with van der Waals surface area (Å²) in [6.45, 7) is 0.628. The predicted molar refractivity (Wildman–Crippen MR) is 75.3 cm³/mol. The van der Waals surface area contributed by atoms with E-state index in [0.717, 1.165) is 32.2 Å². The molecule has 2 aromatic rings. The fourth-order valence-electron chi connectivity index (χ4n) is 1.55. The Kier molecular flexibility index (Phi) is 4.23. The molecule has 0 bridgehead atoms. The lowest BCUT2D eigenvalue weighted by Gasteiger charge is -2.09. The summed E-state index contributed by atoms with van der Waals surface area (Å²) in [6.07, 6.45) is 1.74. The molecule has 0 radical (unpaired) electrons. The minimum Gasteiger partial charge on any atom is -0.495 e. The fraction of sp³-hybridized carbons (Fsp3) is 0.250. The van der Waals surface area contributed by atoms with Crippen LogP contribution in [0.1, 0.15) is 0 Å². The zero-order chi connectivity index (χ0) is 12.3. The molecule has 2 rings (SSSR count). The Bertz CT molecular complexity index is 531. The Morgan fingerprint density at radius 1 is 1.29 bits per heavy atom. The van der Waals surface area contributed by atoms with Gasteiger partial charge in [0.05, 0.1) is 23.7 Å². The highest BCUT2D eigenvalue weighted by Crippen LogP contribution is 2.33. The third kappa shape index (κ3) is 2.72. The van der Waals surface area contributed by atoms with Crippen molar-refractivity contribution in [3.8, 4) is 11.5 Å². The highest BCUT2D eigenvalue weighted by Gasteiger charge is 2.08. The average Bonchev–Trinajstić information content (AvgIpc) is 2.35. The molecule has 0 spiro atoms. The Balaban J connectivity index is 2.52. The molecule has 0 unspecified atom stereocenters. The van der Waals surface area contributed by atoms with Gasteiger partial charge >= 0.3 is 0 Å². The Hall–Kier alpha value is -0.810. The van der Waals surface area contributed by atoms with Gasteiger partial charge in [0.25, 0.3) is 0 Å². The minimum absolute atomic E-state index is 0.628. The molecule has 3 nitrogen and oxygen atoms in total. The van der Waals surface area contributed by atoms with Crippen LogP contribution in [0.5, 0.6) is 11.5 Å². The highest BCUT2D eigenvalue weighted by atomic mass is 79.9. The first kappa shape index (κ1) is 12.6. The van der Waals surface area contributed by atoms with Gasteiger partial charge in [0.15, 0.2) is 0 Å². The quantitative estimate of drug-likeness (QED) is 0.777. The molecule has 0 aliphatic rings. The second-order valence-corrected chi connectivity index (χ2v) is 5.00. The lowest BCUT2D eigenvalue weighted by Crippen LogP contribution is -1.99. The van der Waals surface area contributed by atoms with Crippen molar-refractivity contribution in [1.82, 2.24) is 4.98 Å². The number of alkyl halides is 1. The summed E-state index contributed by atoms with van der Waals surface area (Å²) in [7, 11) is 1.64. The van der Waals surface area contributed by atoms with Gasteiger partial charge < -0.3 is 9.47 Å². The molecule has 0 aliphatic heterocycles. The summed E-state index contributed by atoms with van der Waals surface area (Å²) in [5.41, 5.74) is 0.858. The van der Waals surface area contributed by atoms with Gasteiger partial charge in [0, 0.05) is 23.0 Å². The van der Waals surface area contributed by atoms with Crippen LogP contribution in [0.25, 0.3) is 10.9 Å². The monoisotopic (exact) mass is 359 g/mol. The van der Waals surface area contributed by atoms with Crippen LogP contribution in [0.3, 0.4) is 0 Å². The molecule has 0 saturated heterocycles. The molecule has 0 fully saturated rings. The van der Waals surface area contributed by atoms with Gasteiger partial charge in [-0.05, 0) is 28.1 Å². The van der Waals surface area contributed by atoms with Crippen LogP contribution < -0.4 is 9.47 Å². The highest BCUT2D eigenvalue weighted by molar-refractivity contribution is 9.10. The summed E-state index contributed by atoms with van der Waals surface area (Å²) in [4.78, 5) is 4.31. The number of rotatable bonds is 4. The number of pyridine rings is 1. The van der Waals surface area contributed by atoms with Gasteiger partial charge in [0.2, 0.25) is 0 Å². The van der Waals surface area contributed by atoms with E-state index < -0.39 is 0 Å². The van der Waals surface area contributed by atoms with Gasteiger partial charge in [-0.3, -0.25) is 4.98 Å². The number of fused-ring (bicyclic) bond motifs is 1. The smallest absolute Gasteiger partial charge is 0.135 e. The standard InChI is InChI=1S/C12H11Br2NO2/c1-16-12-7-10-8(6-9(12)14)11(2-4-15-10)17-5-3-13/h2,4,6-7H,3,5H2,1H3. The largest absolute Gasteiger partial charge is 0.495 e. The molecule has 0 N–H and O–H groups in total. The van der Waals surface area contributed by atoms with Gasteiger partial charge in [0.1, 0.15) is 11.5 Å². The molecule has 0 saturated carbocycles. The molecular formula is C12H11Br2NO2. The first-order chi connectivity index (χ1) is 8.26. The van der Waals surface area contributed by atoms with Gasteiger partial charge in [-0.25, -0.2) is 0 Å². The van der Waals surface area contributed by atoms with Crippen LogP contribution >= 0.6 is 31.9 Å². The molecule has 1 heterocycles. The van der Waals surface area contributed by atoms with E-state index in [-0.39, 0.29) is 0 Å². The molecule has 0 amide bonds. The normalized spacial score (nSPS) is 10.5. The van der Waals surface area contributed by atoms with Crippen molar-refractivity contribution in [1.29, 1.82) is 0 Å². The molecule has 17 heavy (non-hydrogen) atoms. The van der Waals surface area contributed by atoms with Crippen molar-refractivity contribution in [2.45, 2.75) is 0 Å². The van der Waals surface area contributed by atoms with Crippen molar-refractivity contribution in [2.75, 3.05) is 19.0 Å². The van der Waals surface area contributed by atoms with Crippen LogP contribution in [-0.4, -0.2) is 24.0 Å². The maximum absolute atomic E-state index is 5.65. The summed E-state index contributed by atoms with van der Waals surface area (Å²) >= 11 is 6.80. The van der Waals surface area contributed by atoms with E-state index >= 15 is 0 Å². The lowest BCUT2D eigenvalue weighted by molar-refractivity contribution is 0.349. The molecule has 0 atom stereocenters. The Morgan fingerprint density at radius 3 is 2.82 bits per heavy atom. The fourth-order valence-corrected chi connectivity index (χ4v) is 2.22. The second kappa shape index (κ2) is 5.69. The molecule has 90 valence electrons. The minimum atomic E-state index is 0.628. The summed E-state index contributed by atoms with van der Waals surface area (Å²) < 4.78 is 11.8. The first-order valence-corrected chi connectivity index (χ1v) is 6.98. The van der Waals surface area contributed by atoms with Crippen molar-refractivity contribution >= 4 is 42.8 Å². The SMILES string of the molecule is COc1cc2nccc(OCCBr)c2cc1Br. The van der Waals surface area contributed by atoms with E-state index in [1.165, 1.54) is 0 Å². The number of aromatic nitrogens is 1. The van der Waals surface area contributed by atoms with Crippen LogP contribution in [0, 0.1) is 0 Å². The van der Waals surface area contributed by atoms with E-state index in [2.05, 4.69) is 36.8 Å². The van der Waals surface area contributed by atoms with Crippen molar-refractivity contribution in [3.05, 3.63) is 28.9 Å². The van der Waals surface area contributed by atoms with E-state index in [4.69, 9.17) is 9.47 Å². The number of hydrogen-bond acceptors (Lipinski definition) is 3. The Labute approximate surface area is 116 Å². The van der Waals surface area contributed by atoms with Gasteiger partial charge in [-0.2, -0.15) is 0 Å². The van der Waals surface area contributed by atoms with Crippen molar-refractivity contribution in [2.24, 2.45) is 0 Å². The molecule has 1 aromatic heterocycles. The maximum atomic E-state index is 5.65. The number of methoxy groups -OCH3 is 1. The lowest BCUT2D eigenvalue weighted by atomic mass is 10.2. The van der Waals surface area contributed by atoms with Crippen LogP contribution in [-0.2, 0) is 0 Å². The number of hydrogen-bond donors (Lipinski definition) is 0. The van der Waals surface area contributed by atoms with E-state index in [1.807, 2.05) is 18.2 Å². The van der Waals surface area contributed by atoms with Crippen molar-refractivity contribution < 1.29 is 9.47 Å². The molecule has 5 heteroatoms. The molecule has 0 aliphatic carbocycles. The zero-order valence-electron chi connectivity index (χ0n) is 9.24. The predicted octanol–water partition coefficient (Wildman–Crippen LogP) is 3.78. The summed E-state index contributed by atoms with van der Waals surface area (Å²) in [6, 6.07) is 5.72.